The van der Waals surface area contributed by atoms with Crippen molar-refractivity contribution in [3.05, 3.63) is 17.7 Å². The summed E-state index contributed by atoms with van der Waals surface area (Å²) in [7, 11) is 6.85. The molecule has 1 atom stereocenters. The van der Waals surface area contributed by atoms with E-state index in [9.17, 15) is 0 Å². The molecule has 4 nitrogen and oxygen atoms in total. The van der Waals surface area contributed by atoms with E-state index in [1.807, 2.05) is 19.2 Å². The molecule has 0 aromatic heterocycles. The minimum absolute atomic E-state index is 0.342. The minimum atomic E-state index is 0.342. The van der Waals surface area contributed by atoms with E-state index < -0.39 is 0 Å². The molecule has 96 valence electrons. The third-order valence-corrected chi connectivity index (χ3v) is 2.78. The lowest BCUT2D eigenvalue weighted by molar-refractivity contribution is 0.346. The first-order chi connectivity index (χ1) is 8.17. The summed E-state index contributed by atoms with van der Waals surface area (Å²) in [6.45, 7) is 3.02. The highest BCUT2D eigenvalue weighted by molar-refractivity contribution is 5.51. The summed E-state index contributed by atoms with van der Waals surface area (Å²) in [6, 6.07) is 3.83. The molecule has 0 aliphatic rings. The zero-order valence-electron chi connectivity index (χ0n) is 11.2. The number of likely N-dealkylation sites (N-methyl/N-ethyl adjacent to an activating group) is 1. The van der Waals surface area contributed by atoms with Gasteiger partial charge in [-0.25, -0.2) is 0 Å². The Hall–Kier alpha value is -1.42. The van der Waals surface area contributed by atoms with Crippen LogP contribution in [-0.4, -0.2) is 34.9 Å². The van der Waals surface area contributed by atoms with E-state index >= 15 is 0 Å². The highest BCUT2D eigenvalue weighted by Crippen LogP contribution is 2.37. The Morgan fingerprint density at radius 1 is 1.00 bits per heavy atom. The standard InChI is InChI=1S/C13H21NO3/c1-9(8-14-2)10-6-12(16-4)13(17-5)7-11(10)15-3/h6-7,9,14H,8H2,1-5H3. The Labute approximate surface area is 103 Å². The number of hydrogen-bond acceptors (Lipinski definition) is 4. The van der Waals surface area contributed by atoms with Gasteiger partial charge in [-0.15, -0.1) is 0 Å². The van der Waals surface area contributed by atoms with Crippen molar-refractivity contribution in [3.8, 4) is 17.2 Å². The van der Waals surface area contributed by atoms with Crippen LogP contribution in [0.15, 0.2) is 12.1 Å². The maximum absolute atomic E-state index is 5.39. The van der Waals surface area contributed by atoms with Gasteiger partial charge in [0.1, 0.15) is 5.75 Å². The third-order valence-electron chi connectivity index (χ3n) is 2.78. The predicted molar refractivity (Wildman–Crippen MR) is 68.4 cm³/mol. The van der Waals surface area contributed by atoms with Crippen molar-refractivity contribution in [3.63, 3.8) is 0 Å². The number of rotatable bonds is 6. The lowest BCUT2D eigenvalue weighted by atomic mass is 9.99. The Balaban J connectivity index is 3.18. The van der Waals surface area contributed by atoms with Crippen molar-refractivity contribution in [1.29, 1.82) is 0 Å². The van der Waals surface area contributed by atoms with Gasteiger partial charge in [0, 0.05) is 18.2 Å². The van der Waals surface area contributed by atoms with Gasteiger partial charge < -0.3 is 19.5 Å². The lowest BCUT2D eigenvalue weighted by Crippen LogP contribution is -2.15. The van der Waals surface area contributed by atoms with E-state index in [1.165, 1.54) is 0 Å². The normalized spacial score (nSPS) is 12.1. The zero-order chi connectivity index (χ0) is 12.8. The molecule has 0 fully saturated rings. The maximum atomic E-state index is 5.39. The largest absolute Gasteiger partial charge is 0.496 e. The van der Waals surface area contributed by atoms with E-state index in [1.54, 1.807) is 21.3 Å². The van der Waals surface area contributed by atoms with Crippen molar-refractivity contribution in [2.24, 2.45) is 0 Å². The topological polar surface area (TPSA) is 39.7 Å². The van der Waals surface area contributed by atoms with Crippen LogP contribution in [0.5, 0.6) is 17.2 Å². The number of nitrogens with one attached hydrogen (secondary N) is 1. The van der Waals surface area contributed by atoms with Gasteiger partial charge >= 0.3 is 0 Å². The highest BCUT2D eigenvalue weighted by atomic mass is 16.5. The summed E-state index contributed by atoms with van der Waals surface area (Å²) >= 11 is 0. The molecule has 0 saturated heterocycles. The minimum Gasteiger partial charge on any atom is -0.496 e. The molecule has 1 aromatic rings. The van der Waals surface area contributed by atoms with Gasteiger partial charge in [0.05, 0.1) is 21.3 Å². The van der Waals surface area contributed by atoms with E-state index in [0.717, 1.165) is 23.6 Å². The molecule has 17 heavy (non-hydrogen) atoms. The average molecular weight is 239 g/mol. The molecule has 1 unspecified atom stereocenters. The Morgan fingerprint density at radius 2 is 1.53 bits per heavy atom. The summed E-state index contributed by atoms with van der Waals surface area (Å²) in [4.78, 5) is 0. The number of benzene rings is 1. The molecule has 0 bridgehead atoms. The molecule has 0 spiro atoms. The van der Waals surface area contributed by atoms with Gasteiger partial charge in [-0.1, -0.05) is 6.92 Å². The fourth-order valence-electron chi connectivity index (χ4n) is 1.85. The fourth-order valence-corrected chi connectivity index (χ4v) is 1.85. The first-order valence-electron chi connectivity index (χ1n) is 5.62. The van der Waals surface area contributed by atoms with Gasteiger partial charge in [-0.3, -0.25) is 0 Å². The molecular formula is C13H21NO3. The first kappa shape index (κ1) is 13.6. The van der Waals surface area contributed by atoms with E-state index in [0.29, 0.717) is 11.7 Å². The summed E-state index contributed by atoms with van der Waals surface area (Å²) < 4.78 is 15.9. The van der Waals surface area contributed by atoms with Crippen LogP contribution in [-0.2, 0) is 0 Å². The third kappa shape index (κ3) is 3.03. The Morgan fingerprint density at radius 3 is 2.00 bits per heavy atom. The second kappa shape index (κ2) is 6.35. The van der Waals surface area contributed by atoms with Crippen molar-refractivity contribution in [1.82, 2.24) is 5.32 Å². The molecule has 0 aliphatic heterocycles. The SMILES string of the molecule is CNCC(C)c1cc(OC)c(OC)cc1OC. The molecule has 0 aliphatic carbocycles. The van der Waals surface area contributed by atoms with Crippen LogP contribution in [0, 0.1) is 0 Å². The van der Waals surface area contributed by atoms with Gasteiger partial charge in [0.2, 0.25) is 0 Å². The molecule has 0 saturated carbocycles. The summed E-state index contributed by atoms with van der Waals surface area (Å²) in [5.41, 5.74) is 1.11. The summed E-state index contributed by atoms with van der Waals surface area (Å²) in [5, 5.41) is 3.16. The number of ether oxygens (including phenoxy) is 3. The molecule has 0 heterocycles. The average Bonchev–Trinajstić information content (AvgIpc) is 2.37. The van der Waals surface area contributed by atoms with Crippen molar-refractivity contribution in [2.45, 2.75) is 12.8 Å². The van der Waals surface area contributed by atoms with Crippen LogP contribution in [0.2, 0.25) is 0 Å². The molecule has 1 N–H and O–H groups in total. The second-order valence-corrected chi connectivity index (χ2v) is 3.91. The van der Waals surface area contributed by atoms with Gasteiger partial charge in [0.25, 0.3) is 0 Å². The van der Waals surface area contributed by atoms with E-state index in [-0.39, 0.29) is 0 Å². The Kier molecular flexibility index (Phi) is 5.10. The summed E-state index contributed by atoms with van der Waals surface area (Å²) in [5.74, 6) is 2.58. The number of methoxy groups -OCH3 is 3. The molecular weight excluding hydrogens is 218 g/mol. The van der Waals surface area contributed by atoms with Crippen LogP contribution in [0.1, 0.15) is 18.4 Å². The van der Waals surface area contributed by atoms with E-state index in [4.69, 9.17) is 14.2 Å². The van der Waals surface area contributed by atoms with Crippen molar-refractivity contribution >= 4 is 0 Å². The van der Waals surface area contributed by atoms with Crippen LogP contribution in [0.4, 0.5) is 0 Å². The highest BCUT2D eigenvalue weighted by Gasteiger charge is 2.16. The smallest absolute Gasteiger partial charge is 0.164 e. The van der Waals surface area contributed by atoms with Gasteiger partial charge in [-0.05, 0) is 19.0 Å². The lowest BCUT2D eigenvalue weighted by Gasteiger charge is -2.18. The predicted octanol–water partition coefficient (Wildman–Crippen LogP) is 2.04. The van der Waals surface area contributed by atoms with Crippen molar-refractivity contribution < 1.29 is 14.2 Å². The first-order valence-corrected chi connectivity index (χ1v) is 5.62. The number of hydrogen-bond donors (Lipinski definition) is 1. The Bertz CT molecular complexity index is 366. The molecule has 1 aromatic carbocycles. The van der Waals surface area contributed by atoms with Crippen LogP contribution in [0.25, 0.3) is 0 Å². The van der Waals surface area contributed by atoms with Crippen molar-refractivity contribution in [2.75, 3.05) is 34.9 Å². The molecule has 0 amide bonds. The quantitative estimate of drug-likeness (QED) is 0.824. The zero-order valence-corrected chi connectivity index (χ0v) is 11.2. The molecule has 1 rings (SSSR count). The molecule has 0 radical (unpaired) electrons. The second-order valence-electron chi connectivity index (χ2n) is 3.91. The monoisotopic (exact) mass is 239 g/mol. The van der Waals surface area contributed by atoms with Crippen LogP contribution < -0.4 is 19.5 Å². The maximum Gasteiger partial charge on any atom is 0.164 e. The van der Waals surface area contributed by atoms with Gasteiger partial charge in [-0.2, -0.15) is 0 Å². The van der Waals surface area contributed by atoms with Gasteiger partial charge in [0.15, 0.2) is 11.5 Å². The summed E-state index contributed by atoms with van der Waals surface area (Å²) in [6.07, 6.45) is 0. The van der Waals surface area contributed by atoms with Crippen LogP contribution >= 0.6 is 0 Å². The van der Waals surface area contributed by atoms with Crippen LogP contribution in [0.3, 0.4) is 0 Å². The van der Waals surface area contributed by atoms with E-state index in [2.05, 4.69) is 12.2 Å². The fraction of sp³-hybridized carbons (Fsp3) is 0.538. The molecule has 4 heteroatoms.